The summed E-state index contributed by atoms with van der Waals surface area (Å²) in [5, 5.41) is 0. The van der Waals surface area contributed by atoms with Gasteiger partial charge in [0.25, 0.3) is 0 Å². The van der Waals surface area contributed by atoms with Gasteiger partial charge in [0.1, 0.15) is 0 Å². The van der Waals surface area contributed by atoms with Gasteiger partial charge in [-0.2, -0.15) is 0 Å². The summed E-state index contributed by atoms with van der Waals surface area (Å²) in [7, 11) is 0. The van der Waals surface area contributed by atoms with Crippen LogP contribution in [0.1, 0.15) is 64.7 Å². The Hall–Kier alpha value is 1.06. The topological polar surface area (TPSA) is 0 Å². The molecule has 19 heavy (non-hydrogen) atoms. The van der Waals surface area contributed by atoms with Crippen LogP contribution in [0, 0.1) is 0 Å². The molecule has 0 saturated heterocycles. The monoisotopic (exact) mass is 354 g/mol. The van der Waals surface area contributed by atoms with Crippen molar-refractivity contribution in [3.8, 4) is 0 Å². The maximum atomic E-state index is 2.53. The number of halogens is 3. The van der Waals surface area contributed by atoms with Gasteiger partial charge < -0.3 is 37.2 Å². The van der Waals surface area contributed by atoms with E-state index in [0.717, 1.165) is 0 Å². The van der Waals surface area contributed by atoms with Crippen LogP contribution >= 0.6 is 0 Å². The molecular formula is C15H21Cl3Ti. The molecule has 0 spiro atoms. The molecule has 3 rings (SSSR count). The van der Waals surface area contributed by atoms with E-state index < -0.39 is 0 Å². The van der Waals surface area contributed by atoms with E-state index in [1.807, 2.05) is 22.3 Å². The zero-order chi connectivity index (χ0) is 11.2. The molecule has 0 aromatic carbocycles. The smallest absolute Gasteiger partial charge is 1.00 e. The van der Waals surface area contributed by atoms with Crippen molar-refractivity contribution in [2.45, 2.75) is 68.4 Å². The van der Waals surface area contributed by atoms with Crippen LogP contribution in [0.5, 0.6) is 0 Å². The molecule has 4 heteroatoms. The summed E-state index contributed by atoms with van der Waals surface area (Å²) in [5.41, 5.74) is 7.36. The van der Waals surface area contributed by atoms with Crippen molar-refractivity contribution in [1.29, 1.82) is 0 Å². The van der Waals surface area contributed by atoms with E-state index in [-0.39, 0.29) is 37.2 Å². The van der Waals surface area contributed by atoms with Crippen LogP contribution in [0.3, 0.4) is 0 Å². The molecule has 0 atom stereocenters. The molecule has 0 N–H and O–H groups in total. The normalized spacial score (nSPS) is 23.7. The molecule has 0 aliphatic heterocycles. The van der Waals surface area contributed by atoms with Gasteiger partial charge in [-0.25, -0.2) is 0 Å². The standard InChI is InChI=1S/C15H21.3ClH.Ti/c1-2-11-12-7-3-5-9-14(12)15-10-6-4-8-13(11)15;;;;/h2-10H2,1H3;3*1H;/q;;;;+3/p-3. The van der Waals surface area contributed by atoms with Gasteiger partial charge in [-0.15, -0.1) is 0 Å². The summed E-state index contributed by atoms with van der Waals surface area (Å²) < 4.78 is 0.478. The summed E-state index contributed by atoms with van der Waals surface area (Å²) in [6, 6.07) is 0. The quantitative estimate of drug-likeness (QED) is 0.419. The van der Waals surface area contributed by atoms with Crippen LogP contribution in [-0.4, -0.2) is 0 Å². The van der Waals surface area contributed by atoms with E-state index in [4.69, 9.17) is 0 Å². The van der Waals surface area contributed by atoms with Crippen molar-refractivity contribution in [3.63, 3.8) is 0 Å². The largest absolute Gasteiger partial charge is 1.00 e. The maximum Gasteiger partial charge on any atom is -1.00 e. The average Bonchev–Trinajstić information content (AvgIpc) is 2.62. The van der Waals surface area contributed by atoms with E-state index in [1.165, 1.54) is 57.8 Å². The summed E-state index contributed by atoms with van der Waals surface area (Å²) in [5.74, 6) is 0. The first-order chi connectivity index (χ1) is 7.77. The van der Waals surface area contributed by atoms with Gasteiger partial charge in [0.2, 0.25) is 0 Å². The van der Waals surface area contributed by atoms with Gasteiger partial charge in [-0.1, -0.05) is 0 Å². The molecular weight excluding hydrogens is 334 g/mol. The van der Waals surface area contributed by atoms with Crippen molar-refractivity contribution in [1.82, 2.24) is 0 Å². The zero-order valence-electron chi connectivity index (χ0n) is 11.5. The predicted molar refractivity (Wildman–Crippen MR) is 64.0 cm³/mol. The van der Waals surface area contributed by atoms with Crippen LogP contribution in [0.4, 0.5) is 0 Å². The van der Waals surface area contributed by atoms with Gasteiger partial charge >= 0.3 is 111 Å². The molecule has 0 bridgehead atoms. The minimum absolute atomic E-state index is 0. The van der Waals surface area contributed by atoms with E-state index in [9.17, 15) is 0 Å². The molecule has 106 valence electrons. The van der Waals surface area contributed by atoms with E-state index in [2.05, 4.69) is 27.4 Å². The van der Waals surface area contributed by atoms with Gasteiger partial charge in [0, 0.05) is 0 Å². The Morgan fingerprint density at radius 1 is 0.789 bits per heavy atom. The van der Waals surface area contributed by atoms with Crippen molar-refractivity contribution in [2.75, 3.05) is 0 Å². The summed E-state index contributed by atoms with van der Waals surface area (Å²) in [6.45, 7) is 2.39. The molecule has 0 nitrogen and oxygen atoms in total. The molecule has 0 amide bonds. The molecule has 0 fully saturated rings. The Balaban J connectivity index is 0.00000108. The summed E-state index contributed by atoms with van der Waals surface area (Å²) in [4.78, 5) is 0. The van der Waals surface area contributed by atoms with Gasteiger partial charge in [0.05, 0.1) is 0 Å². The fourth-order valence-electron chi connectivity index (χ4n) is 4.03. The second kappa shape index (κ2) is 7.90. The van der Waals surface area contributed by atoms with Crippen LogP contribution in [0.25, 0.3) is 0 Å². The number of rotatable bonds is 1. The molecule has 0 heterocycles. The fourth-order valence-corrected chi connectivity index (χ4v) is 4.89. The van der Waals surface area contributed by atoms with Crippen LogP contribution < -0.4 is 37.2 Å². The third-order valence-electron chi connectivity index (χ3n) is 4.86. The number of hydrogen-bond donors (Lipinski definition) is 0. The summed E-state index contributed by atoms with van der Waals surface area (Å²) in [6.07, 6.45) is 12.7. The molecule has 0 aromatic rings. The number of fused-ring (bicyclic) bond motifs is 1. The van der Waals surface area contributed by atoms with Gasteiger partial charge in [-0.3, -0.25) is 0 Å². The number of allylic oxidation sites excluding steroid dienone is 4. The maximum absolute atomic E-state index is 2.53. The molecule has 0 saturated carbocycles. The second-order valence-electron chi connectivity index (χ2n) is 5.59. The Bertz CT molecular complexity index is 353. The van der Waals surface area contributed by atoms with Crippen LogP contribution in [0.15, 0.2) is 22.3 Å². The van der Waals surface area contributed by atoms with E-state index in [0.29, 0.717) is 3.72 Å². The molecule has 3 aliphatic rings. The van der Waals surface area contributed by atoms with Crippen molar-refractivity contribution in [2.24, 2.45) is 0 Å². The first-order valence-corrected chi connectivity index (χ1v) is 7.76. The summed E-state index contributed by atoms with van der Waals surface area (Å²) >= 11 is 2.53. The molecule has 3 aliphatic carbocycles. The first kappa shape index (κ1) is 20.1. The first-order valence-electron chi connectivity index (χ1n) is 6.97. The zero-order valence-corrected chi connectivity index (χ0v) is 15.3. The minimum Gasteiger partial charge on any atom is -1.00 e. The fraction of sp³-hybridized carbons (Fsp3) is 0.733. The molecule has 0 radical (unpaired) electrons. The Morgan fingerprint density at radius 3 is 1.53 bits per heavy atom. The third kappa shape index (κ3) is 3.14. The van der Waals surface area contributed by atoms with E-state index in [1.54, 1.807) is 0 Å². The SMILES string of the molecule is CC[C]1([Ti+3])C2=C(CCCC2)C2=C1CCCC2.[Cl-].[Cl-].[Cl-]. The van der Waals surface area contributed by atoms with Crippen LogP contribution in [0.2, 0.25) is 3.72 Å². The Morgan fingerprint density at radius 2 is 1.16 bits per heavy atom. The Labute approximate surface area is 147 Å². The van der Waals surface area contributed by atoms with E-state index >= 15 is 0 Å². The van der Waals surface area contributed by atoms with Crippen molar-refractivity contribution in [3.05, 3.63) is 22.3 Å². The average molecular weight is 356 g/mol. The van der Waals surface area contributed by atoms with Gasteiger partial charge in [0.15, 0.2) is 0 Å². The number of hydrogen-bond acceptors (Lipinski definition) is 0. The van der Waals surface area contributed by atoms with Gasteiger partial charge in [-0.05, 0) is 0 Å². The molecule has 0 unspecified atom stereocenters. The predicted octanol–water partition coefficient (Wildman–Crippen LogP) is -4.13. The third-order valence-corrected chi connectivity index (χ3v) is 6.36. The Kier molecular flexibility index (Phi) is 8.34. The second-order valence-corrected chi connectivity index (χ2v) is 6.92. The van der Waals surface area contributed by atoms with Crippen LogP contribution in [-0.2, 0) is 20.4 Å². The van der Waals surface area contributed by atoms with Crippen molar-refractivity contribution >= 4 is 0 Å². The van der Waals surface area contributed by atoms with Crippen molar-refractivity contribution < 1.29 is 57.7 Å². The minimum atomic E-state index is 0. The molecule has 0 aromatic heterocycles.